The van der Waals surface area contributed by atoms with Crippen molar-refractivity contribution < 1.29 is 0 Å². The third-order valence-corrected chi connectivity index (χ3v) is 3.35. The molecule has 0 bridgehead atoms. The number of allylic oxidation sites excluding steroid dienone is 1. The van der Waals surface area contributed by atoms with Crippen molar-refractivity contribution in [2.45, 2.75) is 40.0 Å². The minimum atomic E-state index is 0.563. The number of hydrogen-bond donors (Lipinski definition) is 0. The van der Waals surface area contributed by atoms with Gasteiger partial charge in [-0.05, 0) is 30.1 Å². The van der Waals surface area contributed by atoms with E-state index < -0.39 is 0 Å². The van der Waals surface area contributed by atoms with Crippen LogP contribution in [-0.2, 0) is 0 Å². The van der Waals surface area contributed by atoms with E-state index in [-0.39, 0.29) is 0 Å². The van der Waals surface area contributed by atoms with Gasteiger partial charge in [-0.25, -0.2) is 0 Å². The van der Waals surface area contributed by atoms with E-state index in [2.05, 4.69) is 33.4 Å². The van der Waals surface area contributed by atoms with Crippen molar-refractivity contribution in [3.8, 4) is 0 Å². The first-order chi connectivity index (χ1) is 5.08. The third kappa shape index (κ3) is 1.66. The highest BCUT2D eigenvalue weighted by Crippen LogP contribution is 2.46. The molecule has 0 spiro atoms. The van der Waals surface area contributed by atoms with Crippen molar-refractivity contribution in [1.82, 2.24) is 0 Å². The van der Waals surface area contributed by atoms with Crippen LogP contribution < -0.4 is 0 Å². The van der Waals surface area contributed by atoms with E-state index in [0.29, 0.717) is 11.3 Å². The van der Waals surface area contributed by atoms with Gasteiger partial charge in [0.2, 0.25) is 0 Å². The summed E-state index contributed by atoms with van der Waals surface area (Å²) in [6.45, 7) is 11.0. The molecule has 1 rings (SSSR count). The highest BCUT2D eigenvalue weighted by atomic mass is 14.4. The molecule has 0 aliphatic heterocycles. The summed E-state index contributed by atoms with van der Waals surface area (Å²) >= 11 is 0. The fourth-order valence-electron chi connectivity index (χ4n) is 2.49. The molecule has 0 nitrogen and oxygen atoms in total. The molecule has 0 heterocycles. The van der Waals surface area contributed by atoms with Gasteiger partial charge in [0.25, 0.3) is 0 Å². The van der Waals surface area contributed by atoms with Crippen LogP contribution >= 0.6 is 0 Å². The van der Waals surface area contributed by atoms with Gasteiger partial charge in [0.1, 0.15) is 0 Å². The van der Waals surface area contributed by atoms with Crippen molar-refractivity contribution in [2.24, 2.45) is 17.3 Å². The fraction of sp³-hybridized carbons (Fsp3) is 0.818. The Labute approximate surface area is 70.7 Å². The Morgan fingerprint density at radius 1 is 1.55 bits per heavy atom. The molecule has 0 amide bonds. The molecule has 1 saturated carbocycles. The zero-order chi connectivity index (χ0) is 8.48. The molecule has 11 heavy (non-hydrogen) atoms. The lowest BCUT2D eigenvalue weighted by molar-refractivity contribution is 0.215. The standard InChI is InChI=1S/C11H20/c1-5-9(2)10-7-6-8-11(10,3)4/h5,9-10H,1,6-8H2,2-4H3. The average Bonchev–Trinajstić information content (AvgIpc) is 2.28. The van der Waals surface area contributed by atoms with Gasteiger partial charge < -0.3 is 0 Å². The molecule has 0 saturated heterocycles. The summed E-state index contributed by atoms with van der Waals surface area (Å²) in [5.74, 6) is 1.58. The van der Waals surface area contributed by atoms with E-state index >= 15 is 0 Å². The molecule has 1 aliphatic rings. The molecule has 0 aromatic heterocycles. The monoisotopic (exact) mass is 152 g/mol. The van der Waals surface area contributed by atoms with Gasteiger partial charge in [0, 0.05) is 0 Å². The predicted octanol–water partition coefficient (Wildman–Crippen LogP) is 3.63. The summed E-state index contributed by atoms with van der Waals surface area (Å²) in [5, 5.41) is 0. The van der Waals surface area contributed by atoms with Crippen molar-refractivity contribution >= 4 is 0 Å². The van der Waals surface area contributed by atoms with Crippen LogP contribution in [-0.4, -0.2) is 0 Å². The van der Waals surface area contributed by atoms with Gasteiger partial charge in [0.15, 0.2) is 0 Å². The largest absolute Gasteiger partial charge is 0.103 e. The normalized spacial score (nSPS) is 31.7. The molecule has 1 aliphatic carbocycles. The number of hydrogen-bond acceptors (Lipinski definition) is 0. The van der Waals surface area contributed by atoms with Crippen LogP contribution in [0.5, 0.6) is 0 Å². The second kappa shape index (κ2) is 3.00. The van der Waals surface area contributed by atoms with Crippen LogP contribution in [0, 0.1) is 17.3 Å². The predicted molar refractivity (Wildman–Crippen MR) is 50.5 cm³/mol. The SMILES string of the molecule is C=CC(C)C1CCCC1(C)C. The summed E-state index contributed by atoms with van der Waals surface area (Å²) in [6.07, 6.45) is 6.32. The molecule has 0 aromatic carbocycles. The lowest BCUT2D eigenvalue weighted by atomic mass is 9.75. The maximum Gasteiger partial charge on any atom is -0.0231 e. The van der Waals surface area contributed by atoms with Crippen LogP contribution in [0.4, 0.5) is 0 Å². The van der Waals surface area contributed by atoms with Gasteiger partial charge in [-0.3, -0.25) is 0 Å². The van der Waals surface area contributed by atoms with E-state index in [0.717, 1.165) is 5.92 Å². The highest BCUT2D eigenvalue weighted by molar-refractivity contribution is 4.93. The summed E-state index contributed by atoms with van der Waals surface area (Å²) in [4.78, 5) is 0. The van der Waals surface area contributed by atoms with Crippen LogP contribution in [0.2, 0.25) is 0 Å². The maximum absolute atomic E-state index is 3.87. The van der Waals surface area contributed by atoms with Gasteiger partial charge >= 0.3 is 0 Å². The van der Waals surface area contributed by atoms with E-state index in [9.17, 15) is 0 Å². The summed E-state index contributed by atoms with van der Waals surface area (Å²) in [5.41, 5.74) is 0.563. The molecule has 0 heteroatoms. The van der Waals surface area contributed by atoms with Crippen molar-refractivity contribution in [2.75, 3.05) is 0 Å². The molecule has 2 atom stereocenters. The Morgan fingerprint density at radius 3 is 2.55 bits per heavy atom. The zero-order valence-electron chi connectivity index (χ0n) is 8.06. The lowest BCUT2D eigenvalue weighted by Gasteiger charge is -2.30. The summed E-state index contributed by atoms with van der Waals surface area (Å²) < 4.78 is 0. The maximum atomic E-state index is 3.87. The smallest absolute Gasteiger partial charge is 0.0231 e. The van der Waals surface area contributed by atoms with Crippen molar-refractivity contribution in [3.05, 3.63) is 12.7 Å². The van der Waals surface area contributed by atoms with Crippen molar-refractivity contribution in [1.29, 1.82) is 0 Å². The number of rotatable bonds is 2. The summed E-state index contributed by atoms with van der Waals surface area (Å²) in [6, 6.07) is 0. The minimum absolute atomic E-state index is 0.563. The first-order valence-electron chi connectivity index (χ1n) is 4.70. The topological polar surface area (TPSA) is 0 Å². The molecular weight excluding hydrogens is 132 g/mol. The first kappa shape index (κ1) is 8.83. The lowest BCUT2D eigenvalue weighted by Crippen LogP contribution is -2.22. The second-order valence-electron chi connectivity index (χ2n) is 4.58. The van der Waals surface area contributed by atoms with E-state index in [1.165, 1.54) is 19.3 Å². The van der Waals surface area contributed by atoms with E-state index in [1.807, 2.05) is 0 Å². The molecule has 0 N–H and O–H groups in total. The van der Waals surface area contributed by atoms with Gasteiger partial charge in [0.05, 0.1) is 0 Å². The summed E-state index contributed by atoms with van der Waals surface area (Å²) in [7, 11) is 0. The van der Waals surface area contributed by atoms with E-state index in [1.54, 1.807) is 0 Å². The molecule has 64 valence electrons. The first-order valence-corrected chi connectivity index (χ1v) is 4.70. The molecule has 0 aromatic rings. The fourth-order valence-corrected chi connectivity index (χ4v) is 2.49. The van der Waals surface area contributed by atoms with Crippen LogP contribution in [0.25, 0.3) is 0 Å². The molecule has 2 unspecified atom stereocenters. The molecular formula is C11H20. The van der Waals surface area contributed by atoms with Gasteiger partial charge in [-0.2, -0.15) is 0 Å². The zero-order valence-corrected chi connectivity index (χ0v) is 8.06. The second-order valence-corrected chi connectivity index (χ2v) is 4.58. The average molecular weight is 152 g/mol. The van der Waals surface area contributed by atoms with Gasteiger partial charge in [-0.15, -0.1) is 6.58 Å². The van der Waals surface area contributed by atoms with Gasteiger partial charge in [-0.1, -0.05) is 33.3 Å². The Kier molecular flexibility index (Phi) is 2.41. The van der Waals surface area contributed by atoms with Crippen LogP contribution in [0.15, 0.2) is 12.7 Å². The highest BCUT2D eigenvalue weighted by Gasteiger charge is 2.36. The third-order valence-electron chi connectivity index (χ3n) is 3.35. The Bertz CT molecular complexity index is 144. The molecule has 0 radical (unpaired) electrons. The molecule has 1 fully saturated rings. The Morgan fingerprint density at radius 2 is 2.18 bits per heavy atom. The quantitative estimate of drug-likeness (QED) is 0.530. The van der Waals surface area contributed by atoms with Crippen LogP contribution in [0.3, 0.4) is 0 Å². The van der Waals surface area contributed by atoms with Crippen LogP contribution in [0.1, 0.15) is 40.0 Å². The van der Waals surface area contributed by atoms with E-state index in [4.69, 9.17) is 0 Å². The Hall–Kier alpha value is -0.260. The minimum Gasteiger partial charge on any atom is -0.103 e. The van der Waals surface area contributed by atoms with Crippen molar-refractivity contribution in [3.63, 3.8) is 0 Å². The Balaban J connectivity index is 2.64.